The SMILES string of the molecule is COc1cc2c(cc1OC)C(C(=O)c1ccc3c(c1O)C=CC(C)(C)O3)=CCO2. The van der Waals surface area contributed by atoms with Crippen LogP contribution in [0.5, 0.6) is 28.7 Å². The van der Waals surface area contributed by atoms with Crippen molar-refractivity contribution in [3.05, 3.63) is 53.1 Å². The molecule has 0 saturated carbocycles. The molecule has 6 nitrogen and oxygen atoms in total. The van der Waals surface area contributed by atoms with Crippen molar-refractivity contribution in [3.63, 3.8) is 0 Å². The molecule has 2 aromatic rings. The van der Waals surface area contributed by atoms with Gasteiger partial charge in [0.15, 0.2) is 17.3 Å². The molecule has 2 heterocycles. The van der Waals surface area contributed by atoms with Crippen LogP contribution in [0.15, 0.2) is 36.4 Å². The van der Waals surface area contributed by atoms with Crippen molar-refractivity contribution < 1.29 is 28.8 Å². The van der Waals surface area contributed by atoms with E-state index in [0.717, 1.165) is 0 Å². The number of benzene rings is 2. The minimum Gasteiger partial charge on any atom is -0.506 e. The maximum absolute atomic E-state index is 13.3. The lowest BCUT2D eigenvalue weighted by Gasteiger charge is -2.28. The Morgan fingerprint density at radius 1 is 1.10 bits per heavy atom. The van der Waals surface area contributed by atoms with Gasteiger partial charge in [-0.2, -0.15) is 0 Å². The lowest BCUT2D eigenvalue weighted by molar-refractivity contribution is 0.105. The third-order valence-corrected chi connectivity index (χ3v) is 4.99. The molecule has 29 heavy (non-hydrogen) atoms. The molecule has 0 aliphatic carbocycles. The van der Waals surface area contributed by atoms with Crippen molar-refractivity contribution in [2.24, 2.45) is 0 Å². The first-order chi connectivity index (χ1) is 13.8. The van der Waals surface area contributed by atoms with E-state index >= 15 is 0 Å². The topological polar surface area (TPSA) is 74.2 Å². The van der Waals surface area contributed by atoms with Crippen LogP contribution in [-0.4, -0.2) is 37.3 Å². The van der Waals surface area contributed by atoms with Gasteiger partial charge in [0.05, 0.1) is 25.3 Å². The Morgan fingerprint density at radius 3 is 2.55 bits per heavy atom. The maximum Gasteiger partial charge on any atom is 0.197 e. The van der Waals surface area contributed by atoms with Crippen LogP contribution >= 0.6 is 0 Å². The van der Waals surface area contributed by atoms with Crippen molar-refractivity contribution in [1.29, 1.82) is 0 Å². The second-order valence-electron chi connectivity index (χ2n) is 7.37. The van der Waals surface area contributed by atoms with Crippen LogP contribution in [0.2, 0.25) is 0 Å². The molecule has 2 aliphatic heterocycles. The minimum absolute atomic E-state index is 0.103. The van der Waals surface area contributed by atoms with Crippen molar-refractivity contribution >= 4 is 17.4 Å². The van der Waals surface area contributed by atoms with E-state index < -0.39 is 5.60 Å². The van der Waals surface area contributed by atoms with E-state index in [-0.39, 0.29) is 23.7 Å². The molecule has 150 valence electrons. The average Bonchev–Trinajstić information content (AvgIpc) is 2.71. The number of methoxy groups -OCH3 is 2. The summed E-state index contributed by atoms with van der Waals surface area (Å²) in [6, 6.07) is 6.70. The van der Waals surface area contributed by atoms with Crippen LogP contribution in [0.4, 0.5) is 0 Å². The van der Waals surface area contributed by atoms with Gasteiger partial charge in [-0.25, -0.2) is 0 Å². The van der Waals surface area contributed by atoms with E-state index in [2.05, 4.69) is 0 Å². The van der Waals surface area contributed by atoms with Crippen molar-refractivity contribution in [1.82, 2.24) is 0 Å². The monoisotopic (exact) mass is 394 g/mol. The molecule has 0 atom stereocenters. The summed E-state index contributed by atoms with van der Waals surface area (Å²) in [5.74, 6) is 1.66. The van der Waals surface area contributed by atoms with E-state index in [9.17, 15) is 9.90 Å². The summed E-state index contributed by atoms with van der Waals surface area (Å²) in [5.41, 5.74) is 1.25. The molecule has 2 aliphatic rings. The summed E-state index contributed by atoms with van der Waals surface area (Å²) in [6.45, 7) is 4.09. The van der Waals surface area contributed by atoms with Crippen molar-refractivity contribution in [2.45, 2.75) is 19.4 Å². The van der Waals surface area contributed by atoms with Gasteiger partial charge in [-0.1, -0.05) is 0 Å². The third-order valence-electron chi connectivity index (χ3n) is 4.99. The standard InChI is InChI=1S/C23H22O6/c1-23(2)9-7-14-17(29-23)6-5-15(22(14)25)21(24)13-8-10-28-18-12-20(27-4)19(26-3)11-16(13)18/h5-9,11-12,25H,10H2,1-4H3. The summed E-state index contributed by atoms with van der Waals surface area (Å²) in [5, 5.41) is 10.8. The summed E-state index contributed by atoms with van der Waals surface area (Å²) in [7, 11) is 3.07. The van der Waals surface area contributed by atoms with Crippen LogP contribution in [-0.2, 0) is 0 Å². The normalized spacial score (nSPS) is 15.9. The highest BCUT2D eigenvalue weighted by Crippen LogP contribution is 2.43. The van der Waals surface area contributed by atoms with Gasteiger partial charge in [0.1, 0.15) is 29.5 Å². The number of aromatic hydroxyl groups is 1. The molecule has 2 aromatic carbocycles. The molecule has 0 aromatic heterocycles. The molecule has 0 amide bonds. The molecule has 0 radical (unpaired) electrons. The van der Waals surface area contributed by atoms with E-state index in [4.69, 9.17) is 18.9 Å². The summed E-state index contributed by atoms with van der Waals surface area (Å²) in [4.78, 5) is 13.3. The van der Waals surface area contributed by atoms with Crippen LogP contribution in [0.3, 0.4) is 0 Å². The fourth-order valence-corrected chi connectivity index (χ4v) is 3.50. The smallest absolute Gasteiger partial charge is 0.197 e. The zero-order valence-electron chi connectivity index (χ0n) is 16.7. The highest BCUT2D eigenvalue weighted by atomic mass is 16.5. The number of allylic oxidation sites excluding steroid dienone is 1. The Hall–Kier alpha value is -3.41. The van der Waals surface area contributed by atoms with Gasteiger partial charge < -0.3 is 24.1 Å². The number of fused-ring (bicyclic) bond motifs is 2. The first-order valence-electron chi connectivity index (χ1n) is 9.23. The van der Waals surface area contributed by atoms with Gasteiger partial charge in [0.2, 0.25) is 0 Å². The fraction of sp³-hybridized carbons (Fsp3) is 0.261. The number of rotatable bonds is 4. The second kappa shape index (κ2) is 6.88. The molecule has 0 unspecified atom stereocenters. The van der Waals surface area contributed by atoms with Gasteiger partial charge in [-0.15, -0.1) is 0 Å². The Morgan fingerprint density at radius 2 is 1.83 bits per heavy atom. The maximum atomic E-state index is 13.3. The molecular weight excluding hydrogens is 372 g/mol. The molecule has 1 N–H and O–H groups in total. The lowest BCUT2D eigenvalue weighted by Crippen LogP contribution is -2.27. The predicted octanol–water partition coefficient (Wildman–Crippen LogP) is 4.25. The van der Waals surface area contributed by atoms with Crippen molar-refractivity contribution in [3.8, 4) is 28.7 Å². The fourth-order valence-electron chi connectivity index (χ4n) is 3.50. The van der Waals surface area contributed by atoms with Crippen LogP contribution in [0, 0.1) is 0 Å². The molecule has 0 spiro atoms. The van der Waals surface area contributed by atoms with E-state index in [1.807, 2.05) is 19.9 Å². The number of Topliss-reactive ketones (excluding diaryl/α,β-unsaturated/α-hetero) is 1. The highest BCUT2D eigenvalue weighted by Gasteiger charge is 2.29. The van der Waals surface area contributed by atoms with Crippen LogP contribution in [0.25, 0.3) is 11.6 Å². The molecule has 0 saturated heterocycles. The molecule has 4 rings (SSSR count). The predicted molar refractivity (Wildman–Crippen MR) is 109 cm³/mol. The largest absolute Gasteiger partial charge is 0.506 e. The number of ether oxygens (including phenoxy) is 4. The number of phenols is 1. The second-order valence-corrected chi connectivity index (χ2v) is 7.37. The number of hydrogen-bond acceptors (Lipinski definition) is 6. The zero-order chi connectivity index (χ0) is 20.8. The molecule has 6 heteroatoms. The Kier molecular flexibility index (Phi) is 4.49. The van der Waals surface area contributed by atoms with E-state index in [1.165, 1.54) is 14.2 Å². The number of ketones is 1. The minimum atomic E-state index is -0.469. The summed E-state index contributed by atoms with van der Waals surface area (Å²) >= 11 is 0. The first-order valence-corrected chi connectivity index (χ1v) is 9.23. The summed E-state index contributed by atoms with van der Waals surface area (Å²) in [6.07, 6.45) is 5.33. The molecule has 0 fully saturated rings. The molecular formula is C23H22O6. The van der Waals surface area contributed by atoms with Gasteiger partial charge in [-0.05, 0) is 50.3 Å². The van der Waals surface area contributed by atoms with E-state index in [0.29, 0.717) is 39.7 Å². The zero-order valence-corrected chi connectivity index (χ0v) is 16.7. The van der Waals surface area contributed by atoms with Gasteiger partial charge in [-0.3, -0.25) is 4.79 Å². The number of hydrogen-bond donors (Lipinski definition) is 1. The van der Waals surface area contributed by atoms with Crippen LogP contribution < -0.4 is 18.9 Å². The number of carbonyl (C=O) groups excluding carboxylic acids is 1. The van der Waals surface area contributed by atoms with Gasteiger partial charge in [0, 0.05) is 17.2 Å². The first kappa shape index (κ1) is 18.9. The quantitative estimate of drug-likeness (QED) is 0.782. The number of carbonyl (C=O) groups is 1. The van der Waals surface area contributed by atoms with E-state index in [1.54, 1.807) is 36.4 Å². The summed E-state index contributed by atoms with van der Waals surface area (Å²) < 4.78 is 22.2. The lowest BCUT2D eigenvalue weighted by atomic mass is 9.91. The average molecular weight is 394 g/mol. The Bertz CT molecular complexity index is 1060. The third kappa shape index (κ3) is 3.20. The Balaban J connectivity index is 1.77. The van der Waals surface area contributed by atoms with Crippen molar-refractivity contribution in [2.75, 3.05) is 20.8 Å². The van der Waals surface area contributed by atoms with Gasteiger partial charge in [0.25, 0.3) is 0 Å². The van der Waals surface area contributed by atoms with Crippen LogP contribution in [0.1, 0.15) is 35.3 Å². The molecule has 0 bridgehead atoms. The number of phenolic OH excluding ortho intramolecular Hbond substituents is 1. The van der Waals surface area contributed by atoms with Gasteiger partial charge >= 0.3 is 0 Å². The Labute approximate surface area is 169 Å². The highest BCUT2D eigenvalue weighted by molar-refractivity contribution is 6.30.